The second kappa shape index (κ2) is 5.31. The van der Waals surface area contributed by atoms with E-state index >= 15 is 0 Å². The maximum Gasteiger partial charge on any atom is 0.417 e. The number of carbonyl (C=O) groups is 1. The number of anilines is 2. The van der Waals surface area contributed by atoms with Crippen LogP contribution >= 0.6 is 22.6 Å². The molecule has 9 heteroatoms. The molecule has 5 nitrogen and oxygen atoms in total. The third-order valence-electron chi connectivity index (χ3n) is 2.44. The monoisotopic (exact) mass is 396 g/mol. The number of aromatic amines is 1. The van der Waals surface area contributed by atoms with Gasteiger partial charge in [-0.1, -0.05) is 0 Å². The van der Waals surface area contributed by atoms with Crippen LogP contribution in [0.4, 0.5) is 24.7 Å². The summed E-state index contributed by atoms with van der Waals surface area (Å²) in [5.41, 5.74) is 4.39. The number of nitrogens with two attached hydrogens (primary N) is 1. The third-order valence-corrected chi connectivity index (χ3v) is 3.33. The van der Waals surface area contributed by atoms with Gasteiger partial charge in [0.05, 0.1) is 17.3 Å². The summed E-state index contributed by atoms with van der Waals surface area (Å²) in [7, 11) is 0. The predicted octanol–water partition coefficient (Wildman–Crippen LogP) is 2.87. The van der Waals surface area contributed by atoms with Crippen molar-refractivity contribution in [1.29, 1.82) is 0 Å². The summed E-state index contributed by atoms with van der Waals surface area (Å²) in [6.07, 6.45) is -3.08. The van der Waals surface area contributed by atoms with Crippen LogP contribution in [0.2, 0.25) is 0 Å². The molecule has 0 fully saturated rings. The van der Waals surface area contributed by atoms with Gasteiger partial charge in [0.1, 0.15) is 5.82 Å². The number of H-pyrrole nitrogens is 1. The summed E-state index contributed by atoms with van der Waals surface area (Å²) >= 11 is 1.52. The molecule has 2 aromatic rings. The van der Waals surface area contributed by atoms with Crippen molar-refractivity contribution in [2.45, 2.75) is 6.18 Å². The van der Waals surface area contributed by atoms with Crippen LogP contribution in [0.25, 0.3) is 0 Å². The summed E-state index contributed by atoms with van der Waals surface area (Å²) < 4.78 is 38.0. The smallest absolute Gasteiger partial charge is 0.398 e. The molecule has 106 valence electrons. The number of aromatic nitrogens is 2. The van der Waals surface area contributed by atoms with E-state index in [0.29, 0.717) is 5.82 Å². The first-order valence-electron chi connectivity index (χ1n) is 5.26. The first-order chi connectivity index (χ1) is 9.29. The van der Waals surface area contributed by atoms with Crippen LogP contribution in [0.1, 0.15) is 15.9 Å². The van der Waals surface area contributed by atoms with Gasteiger partial charge in [-0.15, -0.1) is 0 Å². The van der Waals surface area contributed by atoms with Crippen LogP contribution in [0.3, 0.4) is 0 Å². The number of amides is 1. The number of hydrogen-bond acceptors (Lipinski definition) is 3. The summed E-state index contributed by atoms with van der Waals surface area (Å²) in [6, 6.07) is 3.36. The van der Waals surface area contributed by atoms with Gasteiger partial charge in [0.25, 0.3) is 5.91 Å². The van der Waals surface area contributed by atoms with Crippen LogP contribution < -0.4 is 11.1 Å². The van der Waals surface area contributed by atoms with Crippen molar-refractivity contribution in [2.75, 3.05) is 11.1 Å². The highest BCUT2D eigenvalue weighted by atomic mass is 127. The Bertz CT molecular complexity index is 640. The van der Waals surface area contributed by atoms with Crippen LogP contribution in [-0.2, 0) is 6.18 Å². The average molecular weight is 396 g/mol. The van der Waals surface area contributed by atoms with Crippen molar-refractivity contribution >= 4 is 40.0 Å². The molecule has 0 bridgehead atoms. The molecule has 0 aliphatic rings. The highest BCUT2D eigenvalue weighted by Crippen LogP contribution is 2.35. The van der Waals surface area contributed by atoms with Gasteiger partial charge >= 0.3 is 6.18 Å². The second-order valence-corrected chi connectivity index (χ2v) is 5.00. The van der Waals surface area contributed by atoms with Gasteiger partial charge < -0.3 is 11.1 Å². The molecule has 2 rings (SSSR count). The Kier molecular flexibility index (Phi) is 3.88. The normalized spacial score (nSPS) is 11.4. The van der Waals surface area contributed by atoms with E-state index in [1.54, 1.807) is 0 Å². The highest BCUT2D eigenvalue weighted by Gasteiger charge is 2.34. The molecule has 0 unspecified atom stereocenters. The van der Waals surface area contributed by atoms with E-state index in [0.717, 1.165) is 12.1 Å². The molecule has 1 aromatic heterocycles. The van der Waals surface area contributed by atoms with E-state index in [-0.39, 0.29) is 14.8 Å². The first kappa shape index (κ1) is 14.6. The lowest BCUT2D eigenvalue weighted by atomic mass is 10.1. The number of nitrogens with one attached hydrogen (secondary N) is 2. The number of carbonyl (C=O) groups excluding carboxylic acids is 1. The van der Waals surface area contributed by atoms with Crippen LogP contribution in [-0.4, -0.2) is 16.1 Å². The molecule has 1 heterocycles. The first-order valence-corrected chi connectivity index (χ1v) is 6.34. The fourth-order valence-electron chi connectivity index (χ4n) is 1.52. The Morgan fingerprint density at radius 2 is 2.10 bits per heavy atom. The summed E-state index contributed by atoms with van der Waals surface area (Å²) in [6.45, 7) is 0. The zero-order chi connectivity index (χ0) is 14.9. The van der Waals surface area contributed by atoms with E-state index in [1.165, 1.54) is 34.9 Å². The number of rotatable bonds is 2. The van der Waals surface area contributed by atoms with Gasteiger partial charge in [-0.3, -0.25) is 9.89 Å². The highest BCUT2D eigenvalue weighted by molar-refractivity contribution is 14.1. The molecule has 0 aliphatic heterocycles. The number of hydrogen-bond donors (Lipinski definition) is 3. The maximum absolute atomic E-state index is 12.7. The number of halogens is 4. The Hall–Kier alpha value is -1.78. The molecule has 20 heavy (non-hydrogen) atoms. The Morgan fingerprint density at radius 3 is 2.65 bits per heavy atom. The van der Waals surface area contributed by atoms with Gasteiger partial charge in [-0.05, 0) is 34.7 Å². The Morgan fingerprint density at radius 1 is 1.40 bits per heavy atom. The second-order valence-electron chi connectivity index (χ2n) is 3.84. The van der Waals surface area contributed by atoms with Gasteiger partial charge in [-0.25, -0.2) is 0 Å². The van der Waals surface area contributed by atoms with Gasteiger partial charge in [0.15, 0.2) is 0 Å². The third kappa shape index (κ3) is 3.03. The van der Waals surface area contributed by atoms with Crippen molar-refractivity contribution < 1.29 is 18.0 Å². The quantitative estimate of drug-likeness (QED) is 0.539. The van der Waals surface area contributed by atoms with E-state index in [2.05, 4.69) is 15.5 Å². The molecule has 0 aliphatic carbocycles. The fourth-order valence-corrected chi connectivity index (χ4v) is 2.29. The Labute approximate surface area is 124 Å². The predicted molar refractivity (Wildman–Crippen MR) is 75.1 cm³/mol. The average Bonchev–Trinajstić information content (AvgIpc) is 2.82. The minimum Gasteiger partial charge on any atom is -0.398 e. The summed E-state index contributed by atoms with van der Waals surface area (Å²) in [5.74, 6) is -0.289. The molecule has 1 amide bonds. The van der Waals surface area contributed by atoms with Crippen molar-refractivity contribution in [3.8, 4) is 0 Å². The lowest BCUT2D eigenvalue weighted by molar-refractivity contribution is -0.138. The number of benzene rings is 1. The molecular weight excluding hydrogens is 388 g/mol. The van der Waals surface area contributed by atoms with Gasteiger partial charge in [0.2, 0.25) is 0 Å². The summed E-state index contributed by atoms with van der Waals surface area (Å²) in [4.78, 5) is 11.9. The topological polar surface area (TPSA) is 83.8 Å². The minimum atomic E-state index is -4.51. The SMILES string of the molecule is Nc1cc(C(F)(F)F)c(I)cc1C(=O)Nc1ccn[nH]1. The lowest BCUT2D eigenvalue weighted by Gasteiger charge is -2.13. The van der Waals surface area contributed by atoms with Crippen LogP contribution in [0, 0.1) is 3.57 Å². The summed E-state index contributed by atoms with van der Waals surface area (Å²) in [5, 5.41) is 8.58. The number of alkyl halides is 3. The van der Waals surface area contributed by atoms with E-state index in [1.807, 2.05) is 0 Å². The molecule has 0 saturated heterocycles. The largest absolute Gasteiger partial charge is 0.417 e. The molecule has 4 N–H and O–H groups in total. The van der Waals surface area contributed by atoms with Crippen molar-refractivity contribution in [1.82, 2.24) is 10.2 Å². The van der Waals surface area contributed by atoms with Crippen LogP contribution in [0.15, 0.2) is 24.4 Å². The maximum atomic E-state index is 12.7. The van der Waals surface area contributed by atoms with E-state index in [9.17, 15) is 18.0 Å². The number of nitrogen functional groups attached to an aromatic ring is 1. The Balaban J connectivity index is 2.34. The van der Waals surface area contributed by atoms with Crippen molar-refractivity contribution in [3.63, 3.8) is 0 Å². The zero-order valence-electron chi connectivity index (χ0n) is 9.75. The van der Waals surface area contributed by atoms with Crippen molar-refractivity contribution in [2.24, 2.45) is 0 Å². The number of nitrogens with zero attached hydrogens (tertiary/aromatic N) is 1. The van der Waals surface area contributed by atoms with E-state index < -0.39 is 17.6 Å². The van der Waals surface area contributed by atoms with Gasteiger partial charge in [-0.2, -0.15) is 18.3 Å². The van der Waals surface area contributed by atoms with Crippen molar-refractivity contribution in [3.05, 3.63) is 39.1 Å². The molecule has 0 atom stereocenters. The standard InChI is InChI=1S/C11H8F3IN4O/c12-11(13,14)6-4-8(16)5(3-7(6)15)10(20)18-9-1-2-17-19-9/h1-4H,16H2,(H2,17,18,19,20). The minimum absolute atomic E-state index is 0.0306. The molecule has 1 aromatic carbocycles. The zero-order valence-corrected chi connectivity index (χ0v) is 11.9. The molecule has 0 saturated carbocycles. The van der Waals surface area contributed by atoms with Crippen LogP contribution in [0.5, 0.6) is 0 Å². The fraction of sp³-hybridized carbons (Fsp3) is 0.0909. The lowest BCUT2D eigenvalue weighted by Crippen LogP contribution is -2.17. The molecule has 0 radical (unpaired) electrons. The molecular formula is C11H8F3IN4O. The van der Waals surface area contributed by atoms with Gasteiger partial charge in [0, 0.05) is 15.3 Å². The molecule has 0 spiro atoms. The van der Waals surface area contributed by atoms with E-state index in [4.69, 9.17) is 5.73 Å².